The van der Waals surface area contributed by atoms with Gasteiger partial charge in [0, 0.05) is 12.1 Å². The minimum atomic E-state index is -4.13. The van der Waals surface area contributed by atoms with Crippen molar-refractivity contribution in [3.63, 3.8) is 0 Å². The van der Waals surface area contributed by atoms with E-state index in [2.05, 4.69) is 20.7 Å². The zero-order chi connectivity index (χ0) is 28.0. The van der Waals surface area contributed by atoms with E-state index in [1.54, 1.807) is 60.7 Å². The summed E-state index contributed by atoms with van der Waals surface area (Å²) in [6.07, 6.45) is 0.834. The summed E-state index contributed by atoms with van der Waals surface area (Å²) in [7, 11) is -0.163. The Morgan fingerprint density at radius 1 is 1.00 bits per heavy atom. The maximum absolute atomic E-state index is 13.7. The molecular formula is C28H31N5O5S. The third kappa shape index (κ3) is 6.81. The molecule has 4 rings (SSSR count). The fourth-order valence-electron chi connectivity index (χ4n) is 3.93. The summed E-state index contributed by atoms with van der Waals surface area (Å²) in [6.45, 7) is 2.72. The number of sulfonamides is 1. The molecule has 39 heavy (non-hydrogen) atoms. The van der Waals surface area contributed by atoms with Crippen LogP contribution in [0.15, 0.2) is 82.8 Å². The maximum Gasteiger partial charge on any atom is 0.276 e. The molecule has 0 atom stereocenters. The molecule has 2 N–H and O–H groups in total. The van der Waals surface area contributed by atoms with E-state index in [-0.39, 0.29) is 10.6 Å². The fourth-order valence-corrected chi connectivity index (χ4v) is 5.35. The van der Waals surface area contributed by atoms with Crippen LogP contribution in [0.2, 0.25) is 0 Å². The number of aryl methyl sites for hydroxylation is 1. The standard InChI is InChI=1S/C28H31N5O5S/c1-20-9-11-21(12-10-20)33(19-26(34)30-31-27-24-7-4-5-8-25(24)29-28(27)35)39(36,37)23-15-13-22(14-16-23)38-18-6-17-32(2)3/h4-5,7-16H,6,17-19H2,1-3H3,(H,30,34)(H,29,31,35). The van der Waals surface area contributed by atoms with E-state index < -0.39 is 28.4 Å². The van der Waals surface area contributed by atoms with Crippen molar-refractivity contribution in [1.82, 2.24) is 10.3 Å². The van der Waals surface area contributed by atoms with Crippen LogP contribution >= 0.6 is 0 Å². The smallest absolute Gasteiger partial charge is 0.276 e. The Labute approximate surface area is 228 Å². The van der Waals surface area contributed by atoms with Gasteiger partial charge in [0.1, 0.15) is 12.3 Å². The largest absolute Gasteiger partial charge is 0.494 e. The molecular weight excluding hydrogens is 518 g/mol. The van der Waals surface area contributed by atoms with Gasteiger partial charge < -0.3 is 15.0 Å². The van der Waals surface area contributed by atoms with Gasteiger partial charge in [0.15, 0.2) is 5.71 Å². The van der Waals surface area contributed by atoms with Crippen molar-refractivity contribution in [3.8, 4) is 5.75 Å². The van der Waals surface area contributed by atoms with Crippen LogP contribution in [0.5, 0.6) is 5.75 Å². The number of carbonyl (C=O) groups excluding carboxylic acids is 2. The Hall–Kier alpha value is -4.22. The number of ether oxygens (including phenoxy) is 1. The molecule has 0 radical (unpaired) electrons. The van der Waals surface area contributed by atoms with Gasteiger partial charge in [-0.05, 0) is 69.9 Å². The van der Waals surface area contributed by atoms with Gasteiger partial charge in [-0.3, -0.25) is 13.9 Å². The van der Waals surface area contributed by atoms with Gasteiger partial charge >= 0.3 is 0 Å². The first-order valence-corrected chi connectivity index (χ1v) is 13.8. The van der Waals surface area contributed by atoms with Crippen molar-refractivity contribution in [2.75, 3.05) is 43.4 Å². The summed E-state index contributed by atoms with van der Waals surface area (Å²) in [6, 6.07) is 19.9. The molecule has 0 saturated heterocycles. The number of rotatable bonds is 11. The average molecular weight is 550 g/mol. The van der Waals surface area contributed by atoms with Crippen LogP contribution in [-0.4, -0.2) is 64.6 Å². The van der Waals surface area contributed by atoms with Gasteiger partial charge in [-0.15, -0.1) is 0 Å². The van der Waals surface area contributed by atoms with Crippen LogP contribution in [-0.2, 0) is 19.6 Å². The van der Waals surface area contributed by atoms with E-state index in [1.165, 1.54) is 12.1 Å². The van der Waals surface area contributed by atoms with Crippen molar-refractivity contribution in [2.45, 2.75) is 18.2 Å². The molecule has 0 aliphatic carbocycles. The first-order chi connectivity index (χ1) is 18.6. The third-order valence-corrected chi connectivity index (χ3v) is 7.77. The lowest BCUT2D eigenvalue weighted by atomic mass is 10.1. The van der Waals surface area contributed by atoms with Crippen molar-refractivity contribution < 1.29 is 22.7 Å². The summed E-state index contributed by atoms with van der Waals surface area (Å²) in [5, 5.41) is 6.66. The van der Waals surface area contributed by atoms with Crippen LogP contribution in [0.1, 0.15) is 17.5 Å². The van der Waals surface area contributed by atoms with Crippen LogP contribution in [0.3, 0.4) is 0 Å². The molecule has 1 aliphatic rings. The van der Waals surface area contributed by atoms with Crippen LogP contribution in [0.25, 0.3) is 0 Å². The van der Waals surface area contributed by atoms with E-state index in [4.69, 9.17) is 4.74 Å². The molecule has 0 bridgehead atoms. The normalized spacial score (nSPS) is 13.7. The predicted molar refractivity (Wildman–Crippen MR) is 151 cm³/mol. The molecule has 3 aromatic carbocycles. The molecule has 0 fully saturated rings. The minimum absolute atomic E-state index is 0.00642. The Kier molecular flexibility index (Phi) is 8.62. The highest BCUT2D eigenvalue weighted by Crippen LogP contribution is 2.26. The van der Waals surface area contributed by atoms with Crippen LogP contribution < -0.4 is 19.8 Å². The lowest BCUT2D eigenvalue weighted by Gasteiger charge is -2.24. The number of anilines is 2. The molecule has 0 saturated carbocycles. The van der Waals surface area contributed by atoms with E-state index in [0.717, 1.165) is 22.8 Å². The van der Waals surface area contributed by atoms with Gasteiger partial charge in [0.25, 0.3) is 21.8 Å². The second kappa shape index (κ2) is 12.1. The molecule has 0 unspecified atom stereocenters. The number of amides is 2. The number of benzene rings is 3. The first kappa shape index (κ1) is 27.8. The summed E-state index contributed by atoms with van der Waals surface area (Å²) in [5.41, 5.74) is 4.77. The molecule has 204 valence electrons. The van der Waals surface area contributed by atoms with E-state index in [9.17, 15) is 18.0 Å². The Morgan fingerprint density at radius 2 is 1.69 bits per heavy atom. The molecule has 1 heterocycles. The zero-order valence-corrected chi connectivity index (χ0v) is 22.9. The van der Waals surface area contributed by atoms with Gasteiger partial charge in [-0.1, -0.05) is 35.9 Å². The first-order valence-electron chi connectivity index (χ1n) is 12.4. The molecule has 3 aromatic rings. The lowest BCUT2D eigenvalue weighted by molar-refractivity contribution is -0.119. The van der Waals surface area contributed by atoms with Gasteiger partial charge in [0.05, 0.1) is 22.9 Å². The zero-order valence-electron chi connectivity index (χ0n) is 22.0. The molecule has 2 amide bonds. The minimum Gasteiger partial charge on any atom is -0.494 e. The Balaban J connectivity index is 1.53. The SMILES string of the molecule is Cc1ccc(N(CC(=O)N/N=C2\C(=O)Nc3ccccc32)S(=O)(=O)c2ccc(OCCCN(C)C)cc2)cc1. The second-order valence-electron chi connectivity index (χ2n) is 9.32. The molecule has 11 heteroatoms. The van der Waals surface area contributed by atoms with Gasteiger partial charge in [-0.2, -0.15) is 5.10 Å². The maximum atomic E-state index is 13.7. The Morgan fingerprint density at radius 3 is 2.38 bits per heavy atom. The highest BCUT2D eigenvalue weighted by molar-refractivity contribution is 7.92. The van der Waals surface area contributed by atoms with Crippen LogP contribution in [0, 0.1) is 6.92 Å². The lowest BCUT2D eigenvalue weighted by Crippen LogP contribution is -2.40. The topological polar surface area (TPSA) is 120 Å². The number of hydrogen-bond donors (Lipinski definition) is 2. The molecule has 0 spiro atoms. The Bertz CT molecular complexity index is 1470. The van der Waals surface area contributed by atoms with Crippen molar-refractivity contribution in [3.05, 3.63) is 83.9 Å². The van der Waals surface area contributed by atoms with E-state index >= 15 is 0 Å². The number of fused-ring (bicyclic) bond motifs is 1. The number of nitrogens with zero attached hydrogens (tertiary/aromatic N) is 3. The highest BCUT2D eigenvalue weighted by atomic mass is 32.2. The summed E-state index contributed by atoms with van der Waals surface area (Å²) in [5.74, 6) is -0.605. The van der Waals surface area contributed by atoms with E-state index in [0.29, 0.717) is 29.3 Å². The van der Waals surface area contributed by atoms with Gasteiger partial charge in [-0.25, -0.2) is 13.8 Å². The predicted octanol–water partition coefficient (Wildman–Crippen LogP) is 2.99. The summed E-state index contributed by atoms with van der Waals surface area (Å²) in [4.78, 5) is 27.3. The molecule has 10 nitrogen and oxygen atoms in total. The van der Waals surface area contributed by atoms with Crippen molar-refractivity contribution >= 4 is 38.9 Å². The van der Waals surface area contributed by atoms with Crippen LogP contribution in [0.4, 0.5) is 11.4 Å². The second-order valence-corrected chi connectivity index (χ2v) is 11.2. The van der Waals surface area contributed by atoms with Gasteiger partial charge in [0.2, 0.25) is 0 Å². The fraction of sp³-hybridized carbons (Fsp3) is 0.250. The number of hydrazone groups is 1. The van der Waals surface area contributed by atoms with Crippen molar-refractivity contribution in [1.29, 1.82) is 0 Å². The molecule has 1 aliphatic heterocycles. The number of carbonyl (C=O) groups is 2. The number of nitrogens with one attached hydrogen (secondary N) is 2. The average Bonchev–Trinajstić information content (AvgIpc) is 3.24. The molecule has 0 aromatic heterocycles. The van der Waals surface area contributed by atoms with E-state index in [1.807, 2.05) is 21.0 Å². The summed E-state index contributed by atoms with van der Waals surface area (Å²) < 4.78 is 34.1. The highest BCUT2D eigenvalue weighted by Gasteiger charge is 2.29. The number of para-hydroxylation sites is 1. The summed E-state index contributed by atoms with van der Waals surface area (Å²) >= 11 is 0. The monoisotopic (exact) mass is 549 g/mol. The number of hydrogen-bond acceptors (Lipinski definition) is 7. The quantitative estimate of drug-likeness (QED) is 0.280. The van der Waals surface area contributed by atoms with Crippen molar-refractivity contribution in [2.24, 2.45) is 5.10 Å². The third-order valence-electron chi connectivity index (χ3n) is 5.98.